The third kappa shape index (κ3) is 3.20. The molecule has 0 aromatic heterocycles. The Morgan fingerprint density at radius 2 is 1.73 bits per heavy atom. The van der Waals surface area contributed by atoms with Crippen LogP contribution in [-0.4, -0.2) is 18.9 Å². The second-order valence-electron chi connectivity index (χ2n) is 5.02. The molecule has 0 aliphatic heterocycles. The minimum absolute atomic E-state index is 0.160. The monoisotopic (exact) mass is 316 g/mol. The summed E-state index contributed by atoms with van der Waals surface area (Å²) in [6.45, 7) is 3.81. The highest BCUT2D eigenvalue weighted by molar-refractivity contribution is 6.35. The van der Waals surface area contributed by atoms with Gasteiger partial charge in [-0.05, 0) is 36.6 Å². The number of halogens is 1. The van der Waals surface area contributed by atoms with E-state index in [-0.39, 0.29) is 10.8 Å². The molecule has 0 heterocycles. The zero-order valence-electron chi connectivity index (χ0n) is 12.8. The lowest BCUT2D eigenvalue weighted by atomic mass is 9.97. The molecular formula is C18H17ClO3. The van der Waals surface area contributed by atoms with E-state index in [1.807, 2.05) is 12.1 Å². The van der Waals surface area contributed by atoms with Crippen molar-refractivity contribution in [3.05, 3.63) is 69.2 Å². The van der Waals surface area contributed by atoms with Crippen molar-refractivity contribution in [3.8, 4) is 0 Å². The molecule has 0 unspecified atom stereocenters. The van der Waals surface area contributed by atoms with Crippen molar-refractivity contribution < 1.29 is 14.3 Å². The quantitative estimate of drug-likeness (QED) is 0.626. The van der Waals surface area contributed by atoms with E-state index in [0.717, 1.165) is 6.42 Å². The van der Waals surface area contributed by atoms with Crippen molar-refractivity contribution in [2.45, 2.75) is 20.3 Å². The second-order valence-corrected chi connectivity index (χ2v) is 5.43. The lowest BCUT2D eigenvalue weighted by molar-refractivity contribution is 0.0599. The Hall–Kier alpha value is -2.13. The molecule has 0 saturated carbocycles. The van der Waals surface area contributed by atoms with E-state index < -0.39 is 5.97 Å². The van der Waals surface area contributed by atoms with Gasteiger partial charge < -0.3 is 4.74 Å². The van der Waals surface area contributed by atoms with Crippen LogP contribution in [0.1, 0.15) is 44.3 Å². The summed E-state index contributed by atoms with van der Waals surface area (Å²) in [5, 5.41) is 0.246. The van der Waals surface area contributed by atoms with Crippen molar-refractivity contribution >= 4 is 23.4 Å². The number of carbonyl (C=O) groups is 2. The number of aryl methyl sites for hydroxylation is 2. The van der Waals surface area contributed by atoms with Gasteiger partial charge in [-0.3, -0.25) is 4.79 Å². The molecule has 0 aliphatic carbocycles. The molecule has 2 rings (SSSR count). The predicted molar refractivity (Wildman–Crippen MR) is 86.8 cm³/mol. The molecule has 22 heavy (non-hydrogen) atoms. The van der Waals surface area contributed by atoms with E-state index in [9.17, 15) is 9.59 Å². The molecule has 0 fully saturated rings. The van der Waals surface area contributed by atoms with Crippen molar-refractivity contribution in [3.63, 3.8) is 0 Å². The first-order valence-corrected chi connectivity index (χ1v) is 7.37. The molecule has 0 radical (unpaired) electrons. The number of carbonyl (C=O) groups excluding carboxylic acids is 2. The second kappa shape index (κ2) is 6.75. The molecule has 2 aromatic rings. The number of methoxy groups -OCH3 is 1. The Morgan fingerprint density at radius 1 is 1.09 bits per heavy atom. The largest absolute Gasteiger partial charge is 0.465 e. The van der Waals surface area contributed by atoms with Gasteiger partial charge in [0.05, 0.1) is 17.7 Å². The summed E-state index contributed by atoms with van der Waals surface area (Å²) in [5.41, 5.74) is 3.15. The number of benzene rings is 2. The fraction of sp³-hybridized carbons (Fsp3) is 0.222. The van der Waals surface area contributed by atoms with E-state index in [1.165, 1.54) is 18.7 Å². The average molecular weight is 317 g/mol. The predicted octanol–water partition coefficient (Wildman–Crippen LogP) is 4.23. The van der Waals surface area contributed by atoms with Crippen molar-refractivity contribution in [2.75, 3.05) is 7.11 Å². The molecule has 0 aliphatic rings. The number of ether oxygens (including phenoxy) is 1. The Bertz CT molecular complexity index is 718. The van der Waals surface area contributed by atoms with Gasteiger partial charge in [0.1, 0.15) is 0 Å². The highest BCUT2D eigenvalue weighted by Crippen LogP contribution is 2.24. The first-order chi connectivity index (χ1) is 10.5. The van der Waals surface area contributed by atoms with Crippen LogP contribution in [0.15, 0.2) is 36.4 Å². The van der Waals surface area contributed by atoms with Crippen LogP contribution in [0.3, 0.4) is 0 Å². The molecular weight excluding hydrogens is 300 g/mol. The van der Waals surface area contributed by atoms with Gasteiger partial charge in [0, 0.05) is 11.1 Å². The van der Waals surface area contributed by atoms with Gasteiger partial charge in [0.15, 0.2) is 5.78 Å². The lowest BCUT2D eigenvalue weighted by Crippen LogP contribution is -2.08. The summed E-state index contributed by atoms with van der Waals surface area (Å²) >= 11 is 6.18. The minimum Gasteiger partial charge on any atom is -0.465 e. The van der Waals surface area contributed by atoms with E-state index in [2.05, 4.69) is 6.92 Å². The maximum atomic E-state index is 12.6. The zero-order valence-corrected chi connectivity index (χ0v) is 13.5. The number of ketones is 1. The average Bonchev–Trinajstić information content (AvgIpc) is 2.55. The van der Waals surface area contributed by atoms with Crippen LogP contribution in [0, 0.1) is 6.92 Å². The van der Waals surface area contributed by atoms with E-state index in [1.54, 1.807) is 25.1 Å². The standard InChI is InChI=1S/C18H17ClO3/c1-4-12-5-7-13(8-6-12)17(20)15-9-11(2)14(10-16(15)19)18(21)22-3/h5-10H,4H2,1-3H3. The van der Waals surface area contributed by atoms with E-state index in [0.29, 0.717) is 22.3 Å². The fourth-order valence-electron chi connectivity index (χ4n) is 2.23. The zero-order chi connectivity index (χ0) is 16.3. The summed E-state index contributed by atoms with van der Waals surface area (Å²) in [4.78, 5) is 24.2. The SMILES string of the molecule is CCc1ccc(C(=O)c2cc(C)c(C(=O)OC)cc2Cl)cc1. The normalized spacial score (nSPS) is 10.4. The summed E-state index contributed by atoms with van der Waals surface area (Å²) in [7, 11) is 1.31. The first kappa shape index (κ1) is 16.2. The first-order valence-electron chi connectivity index (χ1n) is 7.00. The Kier molecular flexibility index (Phi) is 4.99. The summed E-state index contributed by atoms with van der Waals surface area (Å²) in [6.07, 6.45) is 0.919. The van der Waals surface area contributed by atoms with Gasteiger partial charge >= 0.3 is 5.97 Å². The fourth-order valence-corrected chi connectivity index (χ4v) is 2.48. The molecule has 3 nitrogen and oxygen atoms in total. The maximum absolute atomic E-state index is 12.6. The van der Waals surface area contributed by atoms with E-state index in [4.69, 9.17) is 16.3 Å². The molecule has 114 valence electrons. The molecule has 0 saturated heterocycles. The Labute approximate surface area is 134 Å². The van der Waals surface area contributed by atoms with Gasteiger partial charge in [0.25, 0.3) is 0 Å². The van der Waals surface area contributed by atoms with Gasteiger partial charge in [0.2, 0.25) is 0 Å². The third-order valence-electron chi connectivity index (χ3n) is 3.59. The topological polar surface area (TPSA) is 43.4 Å². The summed E-state index contributed by atoms with van der Waals surface area (Å²) in [5.74, 6) is -0.627. The number of hydrogen-bond acceptors (Lipinski definition) is 3. The molecule has 0 atom stereocenters. The Morgan fingerprint density at radius 3 is 2.27 bits per heavy atom. The number of esters is 1. The minimum atomic E-state index is -0.467. The van der Waals surface area contributed by atoms with Gasteiger partial charge in [-0.1, -0.05) is 42.8 Å². The number of hydrogen-bond donors (Lipinski definition) is 0. The van der Waals surface area contributed by atoms with Crippen molar-refractivity contribution in [1.82, 2.24) is 0 Å². The molecule has 4 heteroatoms. The maximum Gasteiger partial charge on any atom is 0.338 e. The van der Waals surface area contributed by atoms with Gasteiger partial charge in [-0.25, -0.2) is 4.79 Å². The van der Waals surface area contributed by atoms with Crippen LogP contribution in [0.25, 0.3) is 0 Å². The van der Waals surface area contributed by atoms with Crippen molar-refractivity contribution in [2.24, 2.45) is 0 Å². The molecule has 0 spiro atoms. The van der Waals surface area contributed by atoms with Gasteiger partial charge in [-0.15, -0.1) is 0 Å². The van der Waals surface area contributed by atoms with Crippen LogP contribution >= 0.6 is 11.6 Å². The summed E-state index contributed by atoms with van der Waals surface area (Å²) < 4.78 is 4.70. The highest BCUT2D eigenvalue weighted by Gasteiger charge is 2.18. The third-order valence-corrected chi connectivity index (χ3v) is 3.90. The van der Waals surface area contributed by atoms with Crippen LogP contribution in [0.2, 0.25) is 5.02 Å². The van der Waals surface area contributed by atoms with Crippen LogP contribution in [-0.2, 0) is 11.2 Å². The molecule has 0 N–H and O–H groups in total. The lowest BCUT2D eigenvalue weighted by Gasteiger charge is -2.09. The van der Waals surface area contributed by atoms with Crippen LogP contribution < -0.4 is 0 Å². The molecule has 0 amide bonds. The van der Waals surface area contributed by atoms with Crippen molar-refractivity contribution in [1.29, 1.82) is 0 Å². The molecule has 2 aromatic carbocycles. The summed E-state index contributed by atoms with van der Waals surface area (Å²) in [6, 6.07) is 10.6. The Balaban J connectivity index is 2.41. The van der Waals surface area contributed by atoms with Gasteiger partial charge in [-0.2, -0.15) is 0 Å². The highest BCUT2D eigenvalue weighted by atomic mass is 35.5. The van der Waals surface area contributed by atoms with E-state index >= 15 is 0 Å². The van der Waals surface area contributed by atoms with Crippen LogP contribution in [0.5, 0.6) is 0 Å². The number of rotatable bonds is 4. The molecule has 0 bridgehead atoms. The van der Waals surface area contributed by atoms with Crippen LogP contribution in [0.4, 0.5) is 0 Å². The smallest absolute Gasteiger partial charge is 0.338 e.